The van der Waals surface area contributed by atoms with Crippen molar-refractivity contribution in [3.8, 4) is 11.8 Å². The molecule has 0 aromatic carbocycles. The minimum Gasteiger partial charge on any atom is -0.353 e. The smallest absolute Gasteiger partial charge is 0.160 e. The highest BCUT2D eigenvalue weighted by molar-refractivity contribution is 5.18. The molecule has 0 fully saturated rings. The van der Waals surface area contributed by atoms with Gasteiger partial charge in [-0.2, -0.15) is 0 Å². The maximum Gasteiger partial charge on any atom is 0.160 e. The van der Waals surface area contributed by atoms with Gasteiger partial charge in [-0.15, -0.1) is 0 Å². The van der Waals surface area contributed by atoms with Crippen molar-refractivity contribution in [1.82, 2.24) is 0 Å². The third kappa shape index (κ3) is 9.76. The maximum absolute atomic E-state index is 5.41. The standard InChI is InChI=1S/C14H24O2/c1-6-15-13(16-7-2)11-9-8-10-12-14(3,4)5/h8-9,13H,6-7,11H2,1-5H3. The molecule has 0 saturated carbocycles. The van der Waals surface area contributed by atoms with Crippen molar-refractivity contribution in [2.24, 2.45) is 5.41 Å². The first-order valence-electron chi connectivity index (χ1n) is 5.90. The summed E-state index contributed by atoms with van der Waals surface area (Å²) in [5.74, 6) is 6.16. The second-order valence-electron chi connectivity index (χ2n) is 4.50. The second-order valence-corrected chi connectivity index (χ2v) is 4.50. The van der Waals surface area contributed by atoms with Gasteiger partial charge in [-0.3, -0.25) is 0 Å². The fourth-order valence-electron chi connectivity index (χ4n) is 1.05. The van der Waals surface area contributed by atoms with Crippen LogP contribution in [0.4, 0.5) is 0 Å². The zero-order valence-electron chi connectivity index (χ0n) is 11.2. The van der Waals surface area contributed by atoms with Gasteiger partial charge in [0.05, 0.1) is 0 Å². The third-order valence-corrected chi connectivity index (χ3v) is 1.68. The first-order chi connectivity index (χ1) is 7.49. The number of rotatable bonds is 6. The van der Waals surface area contributed by atoms with Crippen LogP contribution in [-0.2, 0) is 9.47 Å². The molecule has 0 heterocycles. The molecule has 0 aliphatic rings. The molecular weight excluding hydrogens is 200 g/mol. The van der Waals surface area contributed by atoms with Gasteiger partial charge < -0.3 is 9.47 Å². The molecule has 0 aromatic rings. The Morgan fingerprint density at radius 1 is 1.12 bits per heavy atom. The molecule has 0 N–H and O–H groups in total. The molecule has 0 atom stereocenters. The van der Waals surface area contributed by atoms with E-state index in [-0.39, 0.29) is 11.7 Å². The predicted molar refractivity (Wildman–Crippen MR) is 68.0 cm³/mol. The van der Waals surface area contributed by atoms with Crippen LogP contribution in [0.3, 0.4) is 0 Å². The van der Waals surface area contributed by atoms with Crippen LogP contribution in [0.5, 0.6) is 0 Å². The van der Waals surface area contributed by atoms with Crippen LogP contribution in [0.2, 0.25) is 0 Å². The highest BCUT2D eigenvalue weighted by atomic mass is 16.7. The third-order valence-electron chi connectivity index (χ3n) is 1.68. The molecule has 2 nitrogen and oxygen atoms in total. The Labute approximate surface area is 100 Å². The van der Waals surface area contributed by atoms with Gasteiger partial charge in [0.15, 0.2) is 6.29 Å². The zero-order valence-corrected chi connectivity index (χ0v) is 11.2. The molecule has 0 amide bonds. The molecule has 0 aromatic heterocycles. The van der Waals surface area contributed by atoms with Crippen molar-refractivity contribution < 1.29 is 9.47 Å². The average Bonchev–Trinajstić information content (AvgIpc) is 2.16. The van der Waals surface area contributed by atoms with Gasteiger partial charge in [0.1, 0.15) is 0 Å². The Hall–Kier alpha value is -0.780. The molecule has 0 spiro atoms. The van der Waals surface area contributed by atoms with Gasteiger partial charge in [-0.05, 0) is 40.7 Å². The van der Waals surface area contributed by atoms with Gasteiger partial charge in [0, 0.05) is 25.0 Å². The second kappa shape index (κ2) is 8.38. The van der Waals surface area contributed by atoms with Crippen molar-refractivity contribution in [2.75, 3.05) is 13.2 Å². The summed E-state index contributed by atoms with van der Waals surface area (Å²) >= 11 is 0. The van der Waals surface area contributed by atoms with Crippen molar-refractivity contribution in [3.63, 3.8) is 0 Å². The summed E-state index contributed by atoms with van der Waals surface area (Å²) in [4.78, 5) is 0. The van der Waals surface area contributed by atoms with Gasteiger partial charge in [-0.25, -0.2) is 0 Å². The predicted octanol–water partition coefficient (Wildman–Crippen LogP) is 3.38. The Kier molecular flexibility index (Phi) is 7.97. The largest absolute Gasteiger partial charge is 0.353 e. The summed E-state index contributed by atoms with van der Waals surface area (Å²) in [6.07, 6.45) is 4.48. The van der Waals surface area contributed by atoms with E-state index < -0.39 is 0 Å². The molecule has 0 saturated heterocycles. The number of allylic oxidation sites excluding steroid dienone is 1. The Balaban J connectivity index is 3.98. The number of ether oxygens (including phenoxy) is 2. The lowest BCUT2D eigenvalue weighted by atomic mass is 9.98. The summed E-state index contributed by atoms with van der Waals surface area (Å²) in [7, 11) is 0. The fourth-order valence-corrected chi connectivity index (χ4v) is 1.05. The van der Waals surface area contributed by atoms with E-state index in [0.717, 1.165) is 6.42 Å². The monoisotopic (exact) mass is 224 g/mol. The molecule has 2 heteroatoms. The normalized spacial score (nSPS) is 11.9. The van der Waals surface area contributed by atoms with E-state index in [4.69, 9.17) is 9.47 Å². The van der Waals surface area contributed by atoms with Crippen molar-refractivity contribution >= 4 is 0 Å². The van der Waals surface area contributed by atoms with Crippen LogP contribution >= 0.6 is 0 Å². The summed E-state index contributed by atoms with van der Waals surface area (Å²) in [5, 5.41) is 0. The van der Waals surface area contributed by atoms with Crippen molar-refractivity contribution in [3.05, 3.63) is 12.2 Å². The molecule has 92 valence electrons. The van der Waals surface area contributed by atoms with E-state index in [9.17, 15) is 0 Å². The molecular formula is C14H24O2. The molecule has 0 aliphatic heterocycles. The molecule has 16 heavy (non-hydrogen) atoms. The van der Waals surface area contributed by atoms with Crippen LogP contribution in [0, 0.1) is 17.3 Å². The van der Waals surface area contributed by atoms with E-state index in [1.54, 1.807) is 0 Å². The summed E-state index contributed by atoms with van der Waals surface area (Å²) < 4.78 is 10.8. The lowest BCUT2D eigenvalue weighted by Gasteiger charge is -2.14. The Bertz CT molecular complexity index is 244. The van der Waals surface area contributed by atoms with Gasteiger partial charge in [-0.1, -0.05) is 17.9 Å². The van der Waals surface area contributed by atoms with Crippen LogP contribution in [-0.4, -0.2) is 19.5 Å². The molecule has 0 radical (unpaired) electrons. The minimum atomic E-state index is -0.136. The first-order valence-corrected chi connectivity index (χ1v) is 5.90. The topological polar surface area (TPSA) is 18.5 Å². The summed E-state index contributed by atoms with van der Waals surface area (Å²) in [5.41, 5.74) is 0.0591. The van der Waals surface area contributed by atoms with Crippen molar-refractivity contribution in [1.29, 1.82) is 0 Å². The van der Waals surface area contributed by atoms with E-state index in [0.29, 0.717) is 13.2 Å². The highest BCUT2D eigenvalue weighted by Gasteiger charge is 2.04. The Morgan fingerprint density at radius 3 is 2.12 bits per heavy atom. The van der Waals surface area contributed by atoms with E-state index in [1.807, 2.05) is 26.0 Å². The fraction of sp³-hybridized carbons (Fsp3) is 0.714. The highest BCUT2D eigenvalue weighted by Crippen LogP contribution is 2.09. The summed E-state index contributed by atoms with van der Waals surface area (Å²) in [6, 6.07) is 0. The first kappa shape index (κ1) is 15.2. The molecule has 0 rings (SSSR count). The van der Waals surface area contributed by atoms with Gasteiger partial charge in [0.2, 0.25) is 0 Å². The minimum absolute atomic E-state index is 0.0591. The van der Waals surface area contributed by atoms with Crippen LogP contribution in [0.1, 0.15) is 41.0 Å². The lowest BCUT2D eigenvalue weighted by molar-refractivity contribution is -0.133. The van der Waals surface area contributed by atoms with Gasteiger partial charge in [0.25, 0.3) is 0 Å². The van der Waals surface area contributed by atoms with Gasteiger partial charge >= 0.3 is 0 Å². The SMILES string of the molecule is CCOC(CC=CC#CC(C)(C)C)OCC. The molecule has 0 bridgehead atoms. The van der Waals surface area contributed by atoms with E-state index in [2.05, 4.69) is 32.6 Å². The molecule has 0 unspecified atom stereocenters. The average molecular weight is 224 g/mol. The van der Waals surface area contributed by atoms with Crippen molar-refractivity contribution in [2.45, 2.75) is 47.3 Å². The quantitative estimate of drug-likeness (QED) is 0.508. The van der Waals surface area contributed by atoms with Crippen LogP contribution in [0.25, 0.3) is 0 Å². The number of hydrogen-bond donors (Lipinski definition) is 0. The van der Waals surface area contributed by atoms with Crippen LogP contribution in [0.15, 0.2) is 12.2 Å². The molecule has 0 aliphatic carbocycles. The van der Waals surface area contributed by atoms with E-state index in [1.165, 1.54) is 0 Å². The zero-order chi connectivity index (χ0) is 12.4. The van der Waals surface area contributed by atoms with Crippen LogP contribution < -0.4 is 0 Å². The summed E-state index contributed by atoms with van der Waals surface area (Å²) in [6.45, 7) is 11.6. The number of hydrogen-bond acceptors (Lipinski definition) is 2. The maximum atomic E-state index is 5.41. The lowest BCUT2D eigenvalue weighted by Crippen LogP contribution is -2.16. The Morgan fingerprint density at radius 2 is 1.69 bits per heavy atom. The van der Waals surface area contributed by atoms with E-state index >= 15 is 0 Å².